The van der Waals surface area contributed by atoms with E-state index in [1.807, 2.05) is 0 Å². The Balaban J connectivity index is 0.000000250. The Morgan fingerprint density at radius 2 is 0.750 bits per heavy atom. The van der Waals surface area contributed by atoms with Crippen molar-refractivity contribution in [2.24, 2.45) is 118 Å². The fraction of sp³-hybridized carbons (Fsp3) is 0.750. The van der Waals surface area contributed by atoms with Gasteiger partial charge in [0.15, 0.2) is 0 Å². The van der Waals surface area contributed by atoms with Crippen LogP contribution in [0.2, 0.25) is 0 Å². The van der Waals surface area contributed by atoms with Crippen molar-refractivity contribution >= 4 is 47.8 Å². The van der Waals surface area contributed by atoms with Crippen LogP contribution in [0.4, 0.5) is 0 Å². The molecule has 32 atom stereocenters. The number of ether oxygens (including phenoxy) is 8. The smallest absolute Gasteiger partial charge is 0.308 e. The molecule has 12 aliphatic rings. The molecular formula is C96H144O20. The molecule has 4 aliphatic heterocycles. The second-order valence-electron chi connectivity index (χ2n) is 30.7. The number of aliphatic hydroxyl groups excluding tert-OH is 4. The van der Waals surface area contributed by atoms with Gasteiger partial charge in [0.2, 0.25) is 5.72 Å². The summed E-state index contributed by atoms with van der Waals surface area (Å²) in [4.78, 5) is 102. The van der Waals surface area contributed by atoms with E-state index in [9.17, 15) is 38.4 Å². The zero-order valence-corrected chi connectivity index (χ0v) is 67.1. The third-order valence-electron chi connectivity index (χ3n) is 22.0. The lowest BCUT2D eigenvalue weighted by molar-refractivity contribution is -0.162. The molecule has 12 rings (SSSR count). The molecule has 4 saturated heterocycles. The van der Waals surface area contributed by atoms with Crippen LogP contribution < -0.4 is 0 Å². The average Bonchev–Trinajstić information content (AvgIpc) is 0.642. The number of aliphatic hydroxyl groups is 4. The van der Waals surface area contributed by atoms with Crippen LogP contribution in [0.3, 0.4) is 0 Å². The predicted molar refractivity (Wildman–Crippen MR) is 443 cm³/mol. The molecule has 0 aromatic carbocycles. The van der Waals surface area contributed by atoms with Crippen LogP contribution in [0.1, 0.15) is 334 Å². The SMILES string of the molecule is [2H]O[C@@H]1CC(CC[C@@H]2[C@@H]3C(=C([2H])[C@]([2H])(C)C([2H])([2H])C3OC(=O)[C@@H](C)C([2H])([2H])C([2H])([2H])[2H])C([2H])=C([2H])[C@]2([2H])C)OC(=O)C1([2H])[2H].[2H]O[C@@H]1CC(CC[C@@H]2[C@@H]3C(=C([2H])[C@]([2H])(C)C([2H])([2H])C3OC(=O)[C@H](CC)C([2H])([2H])[2H])C([2H])=C([2H])[C@]2([2H])C)OC(=O)C1([2H])[2H].[2H]O[C@@H]1CC(CC[C@@H]2[C@@H]3C(=C([2H])[C@]([2H])(C)C([2H])([2H])[C@@H]3OC(=O)[C@@H](C)CC)C([2H])=C([2H])[C@]2([2H])C)OC(=O)C1([2H])[2H].[2H]O[C@H]1CC(=O)OC(CC[C@@H]2[C@@H]3C(=C([2H])[C@]([2H])(C)C([2H])([2H])C3OC(=O)[C@@]([2H])(C([2H])([2H])[2H])C([2H])([2H])C([2H])([2H])[2H])C([2H])=C([2H])[C@]2([2H])C)C1. The van der Waals surface area contributed by atoms with Crippen molar-refractivity contribution in [2.45, 2.75) is 337 Å². The van der Waals surface area contributed by atoms with Crippen molar-refractivity contribution in [1.82, 2.24) is 0 Å². The fourth-order valence-corrected chi connectivity index (χ4v) is 15.6. The Hall–Kier alpha value is -6.48. The minimum absolute atomic E-state index is 0.00898. The van der Waals surface area contributed by atoms with Gasteiger partial charge in [-0.2, -0.15) is 0 Å². The van der Waals surface area contributed by atoms with E-state index < -0.39 is 402 Å². The Morgan fingerprint density at radius 3 is 1.05 bits per heavy atom. The number of esters is 8. The van der Waals surface area contributed by atoms with Crippen molar-refractivity contribution in [2.75, 3.05) is 0 Å². The van der Waals surface area contributed by atoms with Crippen molar-refractivity contribution in [1.29, 1.82) is 5.72 Å². The average molecular weight is 1670 g/mol. The van der Waals surface area contributed by atoms with Crippen LogP contribution in [0, 0.1) is 118 Å². The second kappa shape index (κ2) is 43.7. The number of allylic oxidation sites excluding steroid dienone is 12. The van der Waals surface area contributed by atoms with Gasteiger partial charge >= 0.3 is 47.8 Å². The van der Waals surface area contributed by atoms with E-state index in [4.69, 9.17) is 114 Å². The van der Waals surface area contributed by atoms with Crippen LogP contribution in [-0.4, -0.2) is 147 Å². The van der Waals surface area contributed by atoms with Crippen molar-refractivity contribution in [3.8, 4) is 0 Å². The van der Waals surface area contributed by atoms with Gasteiger partial charge in [0, 0.05) is 103 Å². The van der Waals surface area contributed by atoms with Crippen LogP contribution in [-0.2, 0) is 76.3 Å². The first kappa shape index (κ1) is 43.3. The quantitative estimate of drug-likeness (QED) is 0.0418. The highest BCUT2D eigenvalue weighted by Crippen LogP contribution is 2.51. The monoisotopic (exact) mass is 1670 g/mol. The summed E-state index contributed by atoms with van der Waals surface area (Å²) in [7, 11) is 0. The summed E-state index contributed by atoms with van der Waals surface area (Å²) in [6, 6.07) is -7.28. The van der Waals surface area contributed by atoms with Crippen LogP contribution in [0.15, 0.2) is 94.9 Å². The van der Waals surface area contributed by atoms with E-state index in [2.05, 4.69) is 20.4 Å². The van der Waals surface area contributed by atoms with Crippen molar-refractivity contribution < 1.29 is 167 Å². The Labute approximate surface area is 770 Å². The summed E-state index contributed by atoms with van der Waals surface area (Å²) < 4.78 is 496. The maximum absolute atomic E-state index is 13.7. The molecule has 0 aromatic rings. The lowest BCUT2D eigenvalue weighted by Crippen LogP contribution is -2.42. The molecule has 0 amide bonds. The number of cyclic esters (lactones) is 4. The van der Waals surface area contributed by atoms with Gasteiger partial charge in [0.05, 0.1) is 90.1 Å². The topological polar surface area (TPSA) is 291 Å². The summed E-state index contributed by atoms with van der Waals surface area (Å²) in [6.07, 6.45) is -44.6. The number of carbonyl (C=O) groups excluding carboxylic acids is 8. The molecule has 7 unspecified atom stereocenters. The summed E-state index contributed by atoms with van der Waals surface area (Å²) in [6.45, 7) is 1.16. The number of fused-ring (bicyclic) bond motifs is 4. The van der Waals surface area contributed by atoms with Gasteiger partial charge in [-0.25, -0.2) is 0 Å². The molecule has 4 fully saturated rings. The second-order valence-corrected chi connectivity index (χ2v) is 30.7. The number of hydrogen-bond acceptors (Lipinski definition) is 20. The highest BCUT2D eigenvalue weighted by molar-refractivity contribution is 5.75. The highest BCUT2D eigenvalue weighted by atomic mass is 16.6. The van der Waals surface area contributed by atoms with Gasteiger partial charge in [0.1, 0.15) is 48.8 Å². The van der Waals surface area contributed by atoms with Gasteiger partial charge in [0.25, 0.3) is 0 Å². The molecule has 0 bridgehead atoms. The summed E-state index contributed by atoms with van der Waals surface area (Å²) in [5.74, 6) is -46.6. The molecule has 4 N–H and O–H groups in total. The first-order chi connectivity index (χ1) is 77.0. The lowest BCUT2D eigenvalue weighted by Gasteiger charge is -2.43. The van der Waals surface area contributed by atoms with Gasteiger partial charge in [-0.3, -0.25) is 38.4 Å². The van der Waals surface area contributed by atoms with Gasteiger partial charge in [-0.15, -0.1) is 0 Å². The minimum Gasteiger partial charge on any atom is -0.462 e. The Morgan fingerprint density at radius 1 is 0.448 bits per heavy atom. The fourth-order valence-electron chi connectivity index (χ4n) is 15.6. The highest BCUT2D eigenvalue weighted by Gasteiger charge is 2.48. The summed E-state index contributed by atoms with van der Waals surface area (Å²) in [5, 5.41) is 17.8. The molecule has 0 radical (unpaired) electrons. The van der Waals surface area contributed by atoms with E-state index in [0.717, 1.165) is 27.7 Å². The molecule has 648 valence electrons. The molecule has 8 aliphatic carbocycles. The predicted octanol–water partition coefficient (Wildman–Crippen LogP) is 16.8. The van der Waals surface area contributed by atoms with Crippen LogP contribution in [0.5, 0.6) is 0 Å². The zero-order chi connectivity index (χ0) is 132. The van der Waals surface area contributed by atoms with Crippen LogP contribution >= 0.6 is 0 Å². The number of rotatable bonds is 28. The van der Waals surface area contributed by atoms with E-state index >= 15 is 0 Å². The van der Waals surface area contributed by atoms with Gasteiger partial charge in [-0.05, 0) is 196 Å². The zero-order valence-electron chi connectivity index (χ0n) is 122. The number of carbonyl (C=O) groups is 8. The summed E-state index contributed by atoms with van der Waals surface area (Å²) in [5.41, 5.74) is -1.17. The Bertz CT molecular complexity index is 6220. The normalized spacial score (nSPS) is 54.8. The maximum Gasteiger partial charge on any atom is 0.308 e. The Kier molecular flexibility index (Phi) is 16.3. The van der Waals surface area contributed by atoms with Gasteiger partial charge < -0.3 is 58.3 Å². The molecule has 4 heterocycles. The summed E-state index contributed by atoms with van der Waals surface area (Å²) >= 11 is 0. The molecule has 0 aromatic heterocycles. The molecule has 0 spiro atoms. The third kappa shape index (κ3) is 25.8. The van der Waals surface area contributed by atoms with E-state index in [1.165, 1.54) is 41.5 Å². The largest absolute Gasteiger partial charge is 0.462 e. The lowest BCUT2D eigenvalue weighted by atomic mass is 9.65. The maximum atomic E-state index is 13.7. The van der Waals surface area contributed by atoms with Crippen LogP contribution in [0.25, 0.3) is 0 Å². The molecule has 0 saturated carbocycles. The van der Waals surface area contributed by atoms with Gasteiger partial charge in [-0.1, -0.05) is 183 Å². The standard InChI is InChI=1S/4C24H36O5/c4*1-5-15(3)24(27)29-21-11-14(2)10-17-7-6-16(4)20(23(17)21)9-8-19-12-18(25)13-22(26)28-19/h4*6-7,10,14-16,18-21,23,25H,5,8-9,11-13H2,1-4H3/t3*14-,15-,16-,18+,19?,20-,21?,23-;14-,15-,16-,18+,19?,20-,21-,23-/m0000/s1/i1D3,3D3,5D2,6D,7D,10D,11D2,14D,15D,16D,25D;1D3,5D2,6D,7D,10D,11D2,13D2,14D,16D,25D;3D3,6D,7D,10D,11D2,13D2,14D,16D,25D;6D,7D,10D,11D2,13D2,14D,16D,25D. The first-order valence-electron chi connectivity index (χ1n) is 66.3. The molecule has 116 heavy (non-hydrogen) atoms. The van der Waals surface area contributed by atoms with E-state index in [0.29, 0.717) is 6.42 Å². The minimum atomic E-state index is -4.17. The molecule has 20 heteroatoms. The van der Waals surface area contributed by atoms with Crippen molar-refractivity contribution in [3.63, 3.8) is 0 Å². The third-order valence-corrected chi connectivity index (χ3v) is 22.0. The number of hydrogen-bond donors (Lipinski definition) is 4. The molecular weight excluding hydrogens is 1470 g/mol. The first-order valence-corrected chi connectivity index (χ1v) is 39.2. The van der Waals surface area contributed by atoms with E-state index in [1.54, 1.807) is 13.8 Å². The van der Waals surface area contributed by atoms with Crippen molar-refractivity contribution in [3.05, 3.63) is 94.9 Å². The molecule has 20 nitrogen and oxygen atoms in total. The van der Waals surface area contributed by atoms with E-state index in [-0.39, 0.29) is 107 Å².